The predicted octanol–water partition coefficient (Wildman–Crippen LogP) is 1.92. The highest BCUT2D eigenvalue weighted by Crippen LogP contribution is 2.12. The third-order valence-corrected chi connectivity index (χ3v) is 2.96. The lowest BCUT2D eigenvalue weighted by atomic mass is 10.1. The smallest absolute Gasteiger partial charge is 0.253 e. The van der Waals surface area contributed by atoms with Gasteiger partial charge in [0.15, 0.2) is 0 Å². The first kappa shape index (κ1) is 14.8. The first-order valence-electron chi connectivity index (χ1n) is 6.61. The average molecular weight is 280 g/mol. The minimum Gasteiger partial charge on any atom is -0.384 e. The molecule has 4 nitrogen and oxygen atoms in total. The molecule has 1 unspecified atom stereocenters. The Bertz CT molecular complexity index is 672. The second-order valence-corrected chi connectivity index (χ2v) is 4.53. The van der Waals surface area contributed by atoms with E-state index in [9.17, 15) is 4.79 Å². The van der Waals surface area contributed by atoms with E-state index in [0.717, 1.165) is 5.56 Å². The van der Waals surface area contributed by atoms with Crippen LogP contribution in [0.5, 0.6) is 0 Å². The first-order chi connectivity index (χ1) is 10.2. The Morgan fingerprint density at radius 3 is 2.81 bits per heavy atom. The fourth-order valence-electron chi connectivity index (χ4n) is 1.88. The number of aliphatic hydroxyl groups excluding tert-OH is 1. The summed E-state index contributed by atoms with van der Waals surface area (Å²) >= 11 is 0. The number of hydrogen-bond acceptors (Lipinski definition) is 3. The summed E-state index contributed by atoms with van der Waals surface area (Å²) in [4.78, 5) is 16.2. The Hall–Kier alpha value is -2.64. The molecule has 0 aliphatic heterocycles. The molecule has 21 heavy (non-hydrogen) atoms. The van der Waals surface area contributed by atoms with Crippen molar-refractivity contribution in [2.24, 2.45) is 0 Å². The Morgan fingerprint density at radius 2 is 2.10 bits per heavy atom. The lowest BCUT2D eigenvalue weighted by molar-refractivity contribution is 0.0939. The number of pyridine rings is 1. The molecule has 2 aromatic rings. The Labute approximate surface area is 123 Å². The van der Waals surface area contributed by atoms with Crippen molar-refractivity contribution in [3.05, 3.63) is 65.5 Å². The number of carbonyl (C=O) groups excluding carboxylic acids is 1. The fraction of sp³-hybridized carbons (Fsp3) is 0.176. The molecule has 1 amide bonds. The summed E-state index contributed by atoms with van der Waals surface area (Å²) in [5, 5.41) is 11.6. The number of nitrogens with zero attached hydrogens (tertiary/aromatic N) is 1. The summed E-state index contributed by atoms with van der Waals surface area (Å²) in [5.74, 6) is 5.06. The molecule has 0 saturated heterocycles. The van der Waals surface area contributed by atoms with E-state index >= 15 is 0 Å². The van der Waals surface area contributed by atoms with Gasteiger partial charge in [-0.05, 0) is 18.6 Å². The van der Waals surface area contributed by atoms with Crippen molar-refractivity contribution in [2.45, 2.75) is 13.0 Å². The first-order valence-corrected chi connectivity index (χ1v) is 6.61. The molecule has 1 aromatic carbocycles. The summed E-state index contributed by atoms with van der Waals surface area (Å²) < 4.78 is 0. The fourth-order valence-corrected chi connectivity index (χ4v) is 1.88. The van der Waals surface area contributed by atoms with Crippen LogP contribution in [0.4, 0.5) is 0 Å². The van der Waals surface area contributed by atoms with Crippen LogP contribution in [-0.2, 0) is 0 Å². The number of rotatable bonds is 3. The summed E-state index contributed by atoms with van der Waals surface area (Å²) in [6.07, 6.45) is 3.05. The zero-order valence-electron chi connectivity index (χ0n) is 11.7. The molecule has 0 aliphatic carbocycles. The van der Waals surface area contributed by atoms with E-state index < -0.39 is 0 Å². The molecule has 4 heteroatoms. The topological polar surface area (TPSA) is 62.2 Å². The molecule has 0 bridgehead atoms. The summed E-state index contributed by atoms with van der Waals surface area (Å²) in [6.45, 7) is 1.71. The van der Waals surface area contributed by atoms with Gasteiger partial charge in [0.05, 0.1) is 11.6 Å². The molecule has 1 aromatic heterocycles. The minimum atomic E-state index is -0.221. The van der Waals surface area contributed by atoms with Crippen LogP contribution in [0.25, 0.3) is 0 Å². The number of nitrogens with one attached hydrogen (secondary N) is 1. The van der Waals surface area contributed by atoms with E-state index in [4.69, 9.17) is 5.11 Å². The van der Waals surface area contributed by atoms with Gasteiger partial charge >= 0.3 is 0 Å². The third-order valence-electron chi connectivity index (χ3n) is 2.96. The standard InChI is InChI=1S/C17H16N2O2/c1-13(15-7-3-2-4-8-15)19-17(21)16-10-14(6-5-9-20)11-18-12-16/h2-4,7-8,10-13,20H,9H2,1H3,(H,19,21). The highest BCUT2D eigenvalue weighted by Gasteiger charge is 2.11. The van der Waals surface area contributed by atoms with Crippen molar-refractivity contribution >= 4 is 5.91 Å². The van der Waals surface area contributed by atoms with Gasteiger partial charge < -0.3 is 10.4 Å². The van der Waals surface area contributed by atoms with Gasteiger partial charge in [-0.25, -0.2) is 0 Å². The van der Waals surface area contributed by atoms with E-state index in [1.54, 1.807) is 12.3 Å². The molecule has 106 valence electrons. The van der Waals surface area contributed by atoms with Gasteiger partial charge in [0.2, 0.25) is 0 Å². The molecule has 2 N–H and O–H groups in total. The van der Waals surface area contributed by atoms with Gasteiger partial charge in [-0.1, -0.05) is 42.2 Å². The summed E-state index contributed by atoms with van der Waals surface area (Å²) in [7, 11) is 0. The van der Waals surface area contributed by atoms with Gasteiger partial charge in [0.1, 0.15) is 6.61 Å². The molecule has 2 rings (SSSR count). The molecule has 1 heterocycles. The molecular formula is C17H16N2O2. The minimum absolute atomic E-state index is 0.0918. The number of carbonyl (C=O) groups is 1. The Morgan fingerprint density at radius 1 is 1.33 bits per heavy atom. The molecule has 0 spiro atoms. The SMILES string of the molecule is CC(NC(=O)c1cncc(C#CCO)c1)c1ccccc1. The lowest BCUT2D eigenvalue weighted by Gasteiger charge is -2.14. The Kier molecular flexibility index (Phi) is 5.08. The highest BCUT2D eigenvalue weighted by atomic mass is 16.2. The maximum absolute atomic E-state index is 12.2. The van der Waals surface area contributed by atoms with E-state index in [-0.39, 0.29) is 18.6 Å². The van der Waals surface area contributed by atoms with Crippen LogP contribution >= 0.6 is 0 Å². The van der Waals surface area contributed by atoms with E-state index in [1.165, 1.54) is 6.20 Å². The largest absolute Gasteiger partial charge is 0.384 e. The number of aromatic nitrogens is 1. The average Bonchev–Trinajstić information content (AvgIpc) is 2.54. The molecular weight excluding hydrogens is 264 g/mol. The van der Waals surface area contributed by atoms with Crippen molar-refractivity contribution in [2.75, 3.05) is 6.61 Å². The maximum Gasteiger partial charge on any atom is 0.253 e. The van der Waals surface area contributed by atoms with Crippen LogP contribution in [0.15, 0.2) is 48.8 Å². The lowest BCUT2D eigenvalue weighted by Crippen LogP contribution is -2.26. The molecule has 0 saturated carbocycles. The van der Waals surface area contributed by atoms with Gasteiger partial charge in [-0.15, -0.1) is 0 Å². The monoisotopic (exact) mass is 280 g/mol. The quantitative estimate of drug-likeness (QED) is 0.844. The molecule has 1 atom stereocenters. The van der Waals surface area contributed by atoms with Gasteiger partial charge in [-0.2, -0.15) is 0 Å². The highest BCUT2D eigenvalue weighted by molar-refractivity contribution is 5.94. The van der Waals surface area contributed by atoms with Crippen molar-refractivity contribution in [3.63, 3.8) is 0 Å². The molecule has 0 fully saturated rings. The summed E-state index contributed by atoms with van der Waals surface area (Å²) in [5.41, 5.74) is 2.08. The molecule has 0 aliphatic rings. The number of hydrogen-bond donors (Lipinski definition) is 2. The van der Waals surface area contributed by atoms with Crippen LogP contribution in [0.1, 0.15) is 34.5 Å². The summed E-state index contributed by atoms with van der Waals surface area (Å²) in [6, 6.07) is 11.3. The van der Waals surface area contributed by atoms with Crippen LogP contribution in [0.3, 0.4) is 0 Å². The maximum atomic E-state index is 12.2. The van der Waals surface area contributed by atoms with Gasteiger partial charge in [0.25, 0.3) is 5.91 Å². The number of benzene rings is 1. The van der Waals surface area contributed by atoms with E-state index in [2.05, 4.69) is 22.1 Å². The number of amides is 1. The second-order valence-electron chi connectivity index (χ2n) is 4.53. The van der Waals surface area contributed by atoms with Crippen molar-refractivity contribution < 1.29 is 9.90 Å². The van der Waals surface area contributed by atoms with Gasteiger partial charge in [-0.3, -0.25) is 9.78 Å². The van der Waals surface area contributed by atoms with Crippen LogP contribution < -0.4 is 5.32 Å². The number of aliphatic hydroxyl groups is 1. The van der Waals surface area contributed by atoms with Crippen molar-refractivity contribution in [1.82, 2.24) is 10.3 Å². The Balaban J connectivity index is 2.10. The van der Waals surface area contributed by atoms with Crippen molar-refractivity contribution in [1.29, 1.82) is 0 Å². The van der Waals surface area contributed by atoms with Gasteiger partial charge in [0, 0.05) is 18.0 Å². The zero-order chi connectivity index (χ0) is 15.1. The zero-order valence-corrected chi connectivity index (χ0v) is 11.7. The van der Waals surface area contributed by atoms with E-state index in [0.29, 0.717) is 11.1 Å². The normalized spacial score (nSPS) is 11.1. The van der Waals surface area contributed by atoms with E-state index in [1.807, 2.05) is 37.3 Å². The predicted molar refractivity (Wildman–Crippen MR) is 80.5 cm³/mol. The van der Waals surface area contributed by atoms with Crippen LogP contribution in [-0.4, -0.2) is 22.6 Å². The van der Waals surface area contributed by atoms with Crippen molar-refractivity contribution in [3.8, 4) is 11.8 Å². The third kappa shape index (κ3) is 4.16. The van der Waals surface area contributed by atoms with Crippen LogP contribution in [0, 0.1) is 11.8 Å². The van der Waals surface area contributed by atoms with Crippen LogP contribution in [0.2, 0.25) is 0 Å². The molecule has 0 radical (unpaired) electrons. The second kappa shape index (κ2) is 7.22.